The summed E-state index contributed by atoms with van der Waals surface area (Å²) in [5.41, 5.74) is 3.27. The molecule has 2 fully saturated rings. The number of carbonyl (C=O) groups excluding carboxylic acids is 2. The van der Waals surface area contributed by atoms with E-state index in [0.29, 0.717) is 111 Å². The third-order valence-electron chi connectivity index (χ3n) is 9.67. The van der Waals surface area contributed by atoms with E-state index in [4.69, 9.17) is 19.2 Å². The summed E-state index contributed by atoms with van der Waals surface area (Å²) in [5, 5.41) is 11.0. The minimum atomic E-state index is -1.41. The van der Waals surface area contributed by atoms with Gasteiger partial charge < -0.3 is 33.7 Å². The Morgan fingerprint density at radius 2 is 1.71 bits per heavy atom. The fraction of sp³-hybridized carbons (Fsp3) is 0.556. The molecule has 1 atom stereocenters. The third kappa shape index (κ3) is 6.88. The molecule has 3 aromatic rings. The molecule has 0 aliphatic carbocycles. The van der Waals surface area contributed by atoms with Gasteiger partial charge in [-0.15, -0.1) is 0 Å². The Labute approximate surface area is 285 Å². The highest BCUT2D eigenvalue weighted by Gasteiger charge is 2.35. The van der Waals surface area contributed by atoms with Crippen molar-refractivity contribution in [1.29, 1.82) is 0 Å². The van der Waals surface area contributed by atoms with Crippen molar-refractivity contribution < 1.29 is 38.1 Å². The molecule has 6 rings (SSSR count). The number of rotatable bonds is 7. The van der Waals surface area contributed by atoms with E-state index in [0.717, 1.165) is 17.5 Å². The first-order valence-electron chi connectivity index (χ1n) is 17.0. The van der Waals surface area contributed by atoms with E-state index in [9.17, 15) is 19.5 Å². The van der Waals surface area contributed by atoms with Crippen molar-refractivity contribution in [1.82, 2.24) is 24.3 Å². The molecule has 12 nitrogen and oxygen atoms in total. The van der Waals surface area contributed by atoms with Crippen molar-refractivity contribution in [2.75, 3.05) is 65.6 Å². The van der Waals surface area contributed by atoms with Gasteiger partial charge in [0.05, 0.1) is 32.0 Å². The number of aryl methyl sites for hydroxylation is 2. The molecule has 2 amide bonds. The Hall–Kier alpha value is -4.07. The predicted molar refractivity (Wildman–Crippen MR) is 180 cm³/mol. The van der Waals surface area contributed by atoms with Gasteiger partial charge >= 0.3 is 5.97 Å². The second kappa shape index (κ2) is 13.7. The van der Waals surface area contributed by atoms with Crippen LogP contribution in [0.2, 0.25) is 0 Å². The van der Waals surface area contributed by atoms with E-state index in [1.165, 1.54) is 6.07 Å². The average Bonchev–Trinajstić information content (AvgIpc) is 3.40. The quantitative estimate of drug-likeness (QED) is 0.396. The normalized spacial score (nSPS) is 17.9. The minimum Gasteiger partial charge on any atom is -0.490 e. The number of hydrogen-bond donors (Lipinski definition) is 1. The summed E-state index contributed by atoms with van der Waals surface area (Å²) in [6.45, 7) is 14.0. The standard InChI is InChI=1S/C36H46FN5O7/c1-21-23-8-7-15-48-31(23)26(37)18-24(21)30-25-19-27(39(6)33(25)38-22(2)29(30)32(35(45)46)49-36(3,4)5)34(44)42-11-9-40(10-12-42)20-28(43)41-13-16-47-17-14-41/h18-19,32H,7-17,20H2,1-6H3,(H,45,46)/t32-/m0/s1. The highest BCUT2D eigenvalue weighted by molar-refractivity contribution is 6.04. The Kier molecular flexibility index (Phi) is 9.71. The maximum absolute atomic E-state index is 15.7. The van der Waals surface area contributed by atoms with Crippen molar-refractivity contribution in [2.24, 2.45) is 7.05 Å². The Morgan fingerprint density at radius 1 is 1.02 bits per heavy atom. The molecule has 2 aromatic heterocycles. The largest absolute Gasteiger partial charge is 0.490 e. The maximum Gasteiger partial charge on any atom is 0.337 e. The minimum absolute atomic E-state index is 0.0668. The van der Waals surface area contributed by atoms with Gasteiger partial charge in [0.2, 0.25) is 5.91 Å². The molecular weight excluding hydrogens is 633 g/mol. The molecule has 5 heterocycles. The van der Waals surface area contributed by atoms with Gasteiger partial charge in [0.1, 0.15) is 11.3 Å². The van der Waals surface area contributed by atoms with Crippen LogP contribution in [0, 0.1) is 19.7 Å². The molecule has 0 unspecified atom stereocenters. The first-order chi connectivity index (χ1) is 23.2. The van der Waals surface area contributed by atoms with Gasteiger partial charge in [0, 0.05) is 74.1 Å². The zero-order chi connectivity index (χ0) is 35.2. The molecule has 13 heteroatoms. The molecule has 49 heavy (non-hydrogen) atoms. The number of carbonyl (C=O) groups is 3. The molecule has 0 spiro atoms. The number of ether oxygens (including phenoxy) is 3. The van der Waals surface area contributed by atoms with Crippen LogP contribution in [0.15, 0.2) is 12.1 Å². The maximum atomic E-state index is 15.7. The zero-order valence-electron chi connectivity index (χ0n) is 29.2. The van der Waals surface area contributed by atoms with Crippen molar-refractivity contribution in [3.05, 3.63) is 46.0 Å². The number of piperazine rings is 1. The lowest BCUT2D eigenvalue weighted by Crippen LogP contribution is -2.52. The second-order valence-electron chi connectivity index (χ2n) is 14.1. The van der Waals surface area contributed by atoms with Gasteiger partial charge in [0.25, 0.3) is 5.91 Å². The number of halogens is 1. The van der Waals surface area contributed by atoms with Gasteiger partial charge in [-0.25, -0.2) is 14.2 Å². The third-order valence-corrected chi connectivity index (χ3v) is 9.67. The number of benzene rings is 1. The molecule has 2 saturated heterocycles. The topological polar surface area (TPSA) is 127 Å². The van der Waals surface area contributed by atoms with Crippen LogP contribution in [-0.4, -0.2) is 118 Å². The number of carboxylic acid groups (broad SMARTS) is 1. The van der Waals surface area contributed by atoms with Crippen molar-refractivity contribution in [3.63, 3.8) is 0 Å². The smallest absolute Gasteiger partial charge is 0.337 e. The molecule has 1 N–H and O–H groups in total. The van der Waals surface area contributed by atoms with Crippen LogP contribution >= 0.6 is 0 Å². The van der Waals surface area contributed by atoms with Crippen LogP contribution in [0.25, 0.3) is 22.2 Å². The van der Waals surface area contributed by atoms with E-state index in [1.54, 1.807) is 50.3 Å². The summed E-state index contributed by atoms with van der Waals surface area (Å²) in [4.78, 5) is 50.3. The molecule has 0 saturated carbocycles. The first-order valence-corrected chi connectivity index (χ1v) is 17.0. The number of carboxylic acids is 1. The Balaban J connectivity index is 1.40. The lowest BCUT2D eigenvalue weighted by Gasteiger charge is -2.36. The first kappa shape index (κ1) is 34.8. The van der Waals surface area contributed by atoms with E-state index in [-0.39, 0.29) is 17.6 Å². The number of pyridine rings is 1. The van der Waals surface area contributed by atoms with E-state index in [2.05, 4.69) is 4.90 Å². The SMILES string of the molecule is Cc1nc2c(cc(C(=O)N3CCN(CC(=O)N4CCOCC4)CC3)n2C)c(-c2cc(F)c3c(c2C)CCCO3)c1[C@H](OC(C)(C)C)C(=O)O. The number of amides is 2. The fourth-order valence-electron chi connectivity index (χ4n) is 7.15. The monoisotopic (exact) mass is 679 g/mol. The number of aromatic nitrogens is 2. The van der Waals surface area contributed by atoms with E-state index in [1.807, 2.05) is 11.8 Å². The number of nitrogens with zero attached hydrogens (tertiary/aromatic N) is 5. The summed E-state index contributed by atoms with van der Waals surface area (Å²) < 4.78 is 34.7. The van der Waals surface area contributed by atoms with Crippen LogP contribution < -0.4 is 4.74 Å². The molecule has 3 aliphatic rings. The van der Waals surface area contributed by atoms with Crippen molar-refractivity contribution in [3.8, 4) is 16.9 Å². The highest BCUT2D eigenvalue weighted by atomic mass is 19.1. The van der Waals surface area contributed by atoms with Gasteiger partial charge in [-0.1, -0.05) is 0 Å². The summed E-state index contributed by atoms with van der Waals surface area (Å²) in [6, 6.07) is 3.14. The number of aliphatic carboxylic acids is 1. The second-order valence-corrected chi connectivity index (χ2v) is 14.1. The van der Waals surface area contributed by atoms with E-state index < -0.39 is 23.5 Å². The zero-order valence-corrected chi connectivity index (χ0v) is 29.2. The number of fused-ring (bicyclic) bond motifs is 2. The molecule has 0 bridgehead atoms. The van der Waals surface area contributed by atoms with Crippen molar-refractivity contribution in [2.45, 2.75) is 59.2 Å². The Bertz CT molecular complexity index is 1780. The lowest BCUT2D eigenvalue weighted by molar-refractivity contribution is -0.160. The predicted octanol–water partition coefficient (Wildman–Crippen LogP) is 3.88. The van der Waals surface area contributed by atoms with Gasteiger partial charge in [-0.05, 0) is 70.7 Å². The van der Waals surface area contributed by atoms with Crippen LogP contribution in [0.1, 0.15) is 66.2 Å². The summed E-state index contributed by atoms with van der Waals surface area (Å²) in [5.74, 6) is -1.63. The number of morpholine rings is 1. The molecule has 264 valence electrons. The van der Waals surface area contributed by atoms with Gasteiger partial charge in [-0.3, -0.25) is 14.5 Å². The van der Waals surface area contributed by atoms with Gasteiger partial charge in [0.15, 0.2) is 17.7 Å². The van der Waals surface area contributed by atoms with Crippen molar-refractivity contribution >= 4 is 28.8 Å². The lowest BCUT2D eigenvalue weighted by atomic mass is 9.86. The molecule has 3 aliphatic heterocycles. The summed E-state index contributed by atoms with van der Waals surface area (Å²) in [7, 11) is 1.76. The van der Waals surface area contributed by atoms with Gasteiger partial charge in [-0.2, -0.15) is 0 Å². The summed E-state index contributed by atoms with van der Waals surface area (Å²) in [6.07, 6.45) is -0.0512. The number of hydrogen-bond acceptors (Lipinski definition) is 8. The van der Waals surface area contributed by atoms with Crippen LogP contribution in [0.5, 0.6) is 5.75 Å². The molecule has 0 radical (unpaired) electrons. The van der Waals surface area contributed by atoms with Crippen LogP contribution in [0.3, 0.4) is 0 Å². The summed E-state index contributed by atoms with van der Waals surface area (Å²) >= 11 is 0. The molecular formula is C36H46FN5O7. The molecule has 1 aromatic carbocycles. The Morgan fingerprint density at radius 3 is 2.37 bits per heavy atom. The van der Waals surface area contributed by atoms with E-state index >= 15 is 4.39 Å². The average molecular weight is 680 g/mol. The van der Waals surface area contributed by atoms with Crippen LogP contribution in [-0.2, 0) is 32.5 Å². The highest BCUT2D eigenvalue weighted by Crippen LogP contribution is 2.45. The van der Waals surface area contributed by atoms with Crippen LogP contribution in [0.4, 0.5) is 4.39 Å². The fourth-order valence-corrected chi connectivity index (χ4v) is 7.15.